The molecule has 1 aliphatic carbocycles. The first kappa shape index (κ1) is 23.2. The van der Waals surface area contributed by atoms with Crippen molar-refractivity contribution in [3.05, 3.63) is 100 Å². The average Bonchev–Trinajstić information content (AvgIpc) is 3.30. The number of carbonyl (C=O) groups excluding carboxylic acids is 1. The maximum atomic E-state index is 13.7. The van der Waals surface area contributed by atoms with Crippen LogP contribution < -0.4 is 9.47 Å². The second kappa shape index (κ2) is 9.96. The van der Waals surface area contributed by atoms with Gasteiger partial charge in [-0.15, -0.1) is 0 Å². The van der Waals surface area contributed by atoms with Crippen LogP contribution in [0, 0.1) is 5.92 Å². The van der Waals surface area contributed by atoms with E-state index in [0.717, 1.165) is 47.6 Å². The zero-order valence-corrected chi connectivity index (χ0v) is 20.5. The quantitative estimate of drug-likeness (QED) is 0.398. The molecule has 0 aromatic heterocycles. The summed E-state index contributed by atoms with van der Waals surface area (Å²) in [5, 5.41) is 7.02. The lowest BCUT2D eigenvalue weighted by Gasteiger charge is -2.30. The Bertz CT molecular complexity index is 1280. The maximum Gasteiger partial charge on any atom is 0.276 e. The van der Waals surface area contributed by atoms with Crippen LogP contribution in [-0.2, 0) is 0 Å². The van der Waals surface area contributed by atoms with E-state index in [1.54, 1.807) is 31.4 Å². The Balaban J connectivity index is 1.56. The Kier molecular flexibility index (Phi) is 6.60. The highest BCUT2D eigenvalue weighted by molar-refractivity contribution is 6.33. The number of hydrogen-bond acceptors (Lipinski definition) is 4. The van der Waals surface area contributed by atoms with Gasteiger partial charge in [0.15, 0.2) is 0 Å². The van der Waals surface area contributed by atoms with E-state index in [1.165, 1.54) is 5.57 Å². The molecule has 1 heterocycles. The van der Waals surface area contributed by atoms with E-state index >= 15 is 0 Å². The SMILES string of the molecule is COc1ccc(/C=C2\CCC[C@@H]3C2=NN(C(=O)c2ccccc2Cl)[C@H]3c2ccc(OC)cc2)cc1. The normalized spacial score (nSPS) is 20.4. The number of carbonyl (C=O) groups is 1. The Morgan fingerprint density at radius 2 is 1.63 bits per heavy atom. The number of methoxy groups -OCH3 is 2. The summed E-state index contributed by atoms with van der Waals surface area (Å²) in [7, 11) is 3.31. The third-order valence-electron chi connectivity index (χ3n) is 6.73. The fraction of sp³-hybridized carbons (Fsp3) is 0.241. The second-order valence-corrected chi connectivity index (χ2v) is 9.18. The van der Waals surface area contributed by atoms with Crippen molar-refractivity contribution >= 4 is 29.3 Å². The molecule has 2 atom stereocenters. The summed E-state index contributed by atoms with van der Waals surface area (Å²) < 4.78 is 10.6. The van der Waals surface area contributed by atoms with Gasteiger partial charge in [-0.05, 0) is 78.4 Å². The summed E-state index contributed by atoms with van der Waals surface area (Å²) in [6.07, 6.45) is 5.10. The van der Waals surface area contributed by atoms with Crippen molar-refractivity contribution in [1.29, 1.82) is 0 Å². The molecule has 3 aromatic carbocycles. The lowest BCUT2D eigenvalue weighted by molar-refractivity contribution is 0.0681. The number of hydrazone groups is 1. The number of hydrogen-bond donors (Lipinski definition) is 0. The maximum absolute atomic E-state index is 13.7. The third kappa shape index (κ3) is 4.56. The highest BCUT2D eigenvalue weighted by Gasteiger charge is 2.44. The van der Waals surface area contributed by atoms with E-state index in [2.05, 4.69) is 6.08 Å². The Morgan fingerprint density at radius 3 is 2.29 bits per heavy atom. The standard InChI is InChI=1S/C29H27ClN2O3/c1-34-22-14-10-19(11-15-22)18-21-6-5-8-25-27(21)31-32(29(33)24-7-3-4-9-26(24)30)28(25)20-12-16-23(35-2)17-13-20/h3-4,7,9-18,25,28H,5-6,8H2,1-2H3/b21-18+/t25-,28+/m1/s1. The molecule has 0 unspecified atom stereocenters. The van der Waals surface area contributed by atoms with Gasteiger partial charge in [-0.1, -0.05) is 48.0 Å². The summed E-state index contributed by atoms with van der Waals surface area (Å²) in [4.78, 5) is 13.7. The van der Waals surface area contributed by atoms with Gasteiger partial charge in [-0.2, -0.15) is 5.10 Å². The van der Waals surface area contributed by atoms with Crippen LogP contribution in [0.5, 0.6) is 11.5 Å². The Hall–Kier alpha value is -3.57. The number of nitrogens with zero attached hydrogens (tertiary/aromatic N) is 2. The largest absolute Gasteiger partial charge is 0.497 e. The molecule has 1 amide bonds. The van der Waals surface area contributed by atoms with Gasteiger partial charge in [-0.25, -0.2) is 5.01 Å². The van der Waals surface area contributed by atoms with Crippen molar-refractivity contribution in [3.8, 4) is 11.5 Å². The fourth-order valence-corrected chi connectivity index (χ4v) is 5.18. The fourth-order valence-electron chi connectivity index (χ4n) is 4.96. The van der Waals surface area contributed by atoms with Gasteiger partial charge in [0.05, 0.1) is 36.6 Å². The van der Waals surface area contributed by atoms with Gasteiger partial charge in [-0.3, -0.25) is 4.79 Å². The van der Waals surface area contributed by atoms with E-state index in [0.29, 0.717) is 10.6 Å². The number of fused-ring (bicyclic) bond motifs is 1. The molecule has 0 spiro atoms. The van der Waals surface area contributed by atoms with Crippen LogP contribution in [0.25, 0.3) is 6.08 Å². The van der Waals surface area contributed by atoms with E-state index in [1.807, 2.05) is 60.7 Å². The van der Waals surface area contributed by atoms with E-state index in [4.69, 9.17) is 26.2 Å². The predicted octanol–water partition coefficient (Wildman–Crippen LogP) is 6.79. The molecule has 35 heavy (non-hydrogen) atoms. The van der Waals surface area contributed by atoms with Gasteiger partial charge >= 0.3 is 0 Å². The van der Waals surface area contributed by atoms with Gasteiger partial charge < -0.3 is 9.47 Å². The topological polar surface area (TPSA) is 51.1 Å². The Morgan fingerprint density at radius 1 is 0.971 bits per heavy atom. The zero-order valence-electron chi connectivity index (χ0n) is 19.8. The highest BCUT2D eigenvalue weighted by Crippen LogP contribution is 2.45. The molecular weight excluding hydrogens is 460 g/mol. The molecule has 0 N–H and O–H groups in total. The van der Waals surface area contributed by atoms with Crippen LogP contribution in [0.2, 0.25) is 5.02 Å². The minimum atomic E-state index is -0.209. The van der Waals surface area contributed by atoms with Gasteiger partial charge in [0.1, 0.15) is 11.5 Å². The first-order valence-electron chi connectivity index (χ1n) is 11.7. The highest BCUT2D eigenvalue weighted by atomic mass is 35.5. The molecule has 1 saturated carbocycles. The second-order valence-electron chi connectivity index (χ2n) is 8.77. The van der Waals surface area contributed by atoms with Crippen molar-refractivity contribution in [1.82, 2.24) is 5.01 Å². The zero-order chi connectivity index (χ0) is 24.4. The van der Waals surface area contributed by atoms with Gasteiger partial charge in [0.2, 0.25) is 0 Å². The molecule has 1 aliphatic heterocycles. The van der Waals surface area contributed by atoms with Crippen LogP contribution in [-0.4, -0.2) is 30.8 Å². The molecule has 6 heteroatoms. The molecule has 1 fully saturated rings. The van der Waals surface area contributed by atoms with E-state index < -0.39 is 0 Å². The summed E-state index contributed by atoms with van der Waals surface area (Å²) in [6.45, 7) is 0. The molecule has 5 rings (SSSR count). The van der Waals surface area contributed by atoms with Crippen molar-refractivity contribution in [2.75, 3.05) is 14.2 Å². The smallest absolute Gasteiger partial charge is 0.276 e. The summed E-state index contributed by atoms with van der Waals surface area (Å²) in [5.74, 6) is 1.51. The molecular formula is C29H27ClN2O3. The van der Waals surface area contributed by atoms with Crippen molar-refractivity contribution in [2.45, 2.75) is 25.3 Å². The summed E-state index contributed by atoms with van der Waals surface area (Å²) >= 11 is 6.41. The van der Waals surface area contributed by atoms with Crippen LogP contribution in [0.1, 0.15) is 46.8 Å². The molecule has 0 radical (unpaired) electrons. The van der Waals surface area contributed by atoms with Crippen LogP contribution in [0.4, 0.5) is 0 Å². The lowest BCUT2D eigenvalue weighted by Crippen LogP contribution is -2.32. The average molecular weight is 487 g/mol. The molecule has 0 saturated heterocycles. The summed E-state index contributed by atoms with van der Waals surface area (Å²) in [6, 6.07) is 22.8. The monoisotopic (exact) mass is 486 g/mol. The van der Waals surface area contributed by atoms with Crippen LogP contribution in [0.15, 0.2) is 83.5 Å². The molecule has 178 valence electrons. The van der Waals surface area contributed by atoms with Crippen molar-refractivity contribution < 1.29 is 14.3 Å². The first-order valence-corrected chi connectivity index (χ1v) is 12.1. The van der Waals surface area contributed by atoms with Crippen molar-refractivity contribution in [2.24, 2.45) is 11.0 Å². The number of benzene rings is 3. The predicted molar refractivity (Wildman–Crippen MR) is 139 cm³/mol. The van der Waals surface area contributed by atoms with Gasteiger partial charge in [0, 0.05) is 5.92 Å². The molecule has 0 bridgehead atoms. The van der Waals surface area contributed by atoms with Crippen LogP contribution >= 0.6 is 11.6 Å². The molecule has 3 aromatic rings. The molecule has 2 aliphatic rings. The van der Waals surface area contributed by atoms with Gasteiger partial charge in [0.25, 0.3) is 5.91 Å². The minimum absolute atomic E-state index is 0.105. The lowest BCUT2D eigenvalue weighted by atomic mass is 9.77. The van der Waals surface area contributed by atoms with E-state index in [-0.39, 0.29) is 17.9 Å². The number of rotatable bonds is 5. The number of halogens is 1. The number of amides is 1. The van der Waals surface area contributed by atoms with Crippen LogP contribution in [0.3, 0.4) is 0 Å². The Labute approximate surface area is 210 Å². The first-order chi connectivity index (χ1) is 17.1. The minimum Gasteiger partial charge on any atom is -0.497 e. The van der Waals surface area contributed by atoms with Crippen molar-refractivity contribution in [3.63, 3.8) is 0 Å². The third-order valence-corrected chi connectivity index (χ3v) is 7.06. The van der Waals surface area contributed by atoms with E-state index in [9.17, 15) is 4.79 Å². The number of allylic oxidation sites excluding steroid dienone is 1. The summed E-state index contributed by atoms with van der Waals surface area (Å²) in [5.41, 5.74) is 4.71. The number of ether oxygens (including phenoxy) is 2. The molecule has 5 nitrogen and oxygen atoms in total.